The first kappa shape index (κ1) is 8.74. The van der Waals surface area contributed by atoms with Crippen molar-refractivity contribution in [2.75, 3.05) is 12.4 Å². The van der Waals surface area contributed by atoms with Crippen LogP contribution in [-0.4, -0.2) is 33.8 Å². The average Bonchev–Trinajstić information content (AvgIpc) is 1.83. The minimum Gasteiger partial charge on any atom is -0.394 e. The third kappa shape index (κ3) is 5.61. The average molecular weight is 150 g/mol. The van der Waals surface area contributed by atoms with Gasteiger partial charge in [0.15, 0.2) is 5.17 Å². The van der Waals surface area contributed by atoms with Crippen molar-refractivity contribution in [3.63, 3.8) is 0 Å². The van der Waals surface area contributed by atoms with Crippen molar-refractivity contribution in [3.05, 3.63) is 0 Å². The Hall–Kier alpha value is -0.260. The maximum Gasteiger partial charge on any atom is 0.151 e. The van der Waals surface area contributed by atoms with Crippen molar-refractivity contribution in [2.45, 2.75) is 6.10 Å². The van der Waals surface area contributed by atoms with Gasteiger partial charge in [-0.25, -0.2) is 0 Å². The molecule has 0 bridgehead atoms. The van der Waals surface area contributed by atoms with Crippen molar-refractivity contribution < 1.29 is 10.2 Å². The van der Waals surface area contributed by atoms with E-state index in [1.165, 1.54) is 0 Å². The lowest BCUT2D eigenvalue weighted by Gasteiger charge is -2.03. The standard InChI is InChI=1S/C4H10N2O2S/c5-4(6)9-2-3(8)1-7/h3,7-8H,1-2H2,(H3,5,6). The molecule has 0 aromatic rings. The van der Waals surface area contributed by atoms with Crippen LogP contribution in [0.15, 0.2) is 0 Å². The molecule has 0 aliphatic rings. The molecule has 0 spiro atoms. The van der Waals surface area contributed by atoms with E-state index in [2.05, 4.69) is 0 Å². The molecule has 0 fully saturated rings. The number of aliphatic hydroxyl groups excluding tert-OH is 2. The molecule has 0 saturated carbocycles. The molecule has 0 rings (SSSR count). The lowest BCUT2D eigenvalue weighted by atomic mass is 10.4. The van der Waals surface area contributed by atoms with Crippen LogP contribution >= 0.6 is 11.8 Å². The SMILES string of the molecule is N=C(N)SCC(O)CO. The molecule has 1 unspecified atom stereocenters. The lowest BCUT2D eigenvalue weighted by Crippen LogP contribution is -2.17. The second kappa shape index (κ2) is 4.60. The van der Waals surface area contributed by atoms with E-state index in [4.69, 9.17) is 21.4 Å². The summed E-state index contributed by atoms with van der Waals surface area (Å²) in [6.45, 7) is -0.277. The third-order valence-electron chi connectivity index (χ3n) is 0.642. The number of hydrogen-bond donors (Lipinski definition) is 4. The maximum atomic E-state index is 8.68. The molecule has 4 nitrogen and oxygen atoms in total. The summed E-state index contributed by atoms with van der Waals surface area (Å²) in [7, 11) is 0. The quantitative estimate of drug-likeness (QED) is 0.306. The molecule has 9 heavy (non-hydrogen) atoms. The third-order valence-corrected chi connectivity index (χ3v) is 1.50. The fraction of sp³-hybridized carbons (Fsp3) is 0.750. The van der Waals surface area contributed by atoms with Crippen LogP contribution in [0, 0.1) is 5.41 Å². The first-order chi connectivity index (χ1) is 4.16. The molecule has 0 aliphatic carbocycles. The molecule has 5 N–H and O–H groups in total. The summed E-state index contributed by atoms with van der Waals surface area (Å²) in [5.74, 6) is 0.284. The fourth-order valence-electron chi connectivity index (χ4n) is 0.239. The van der Waals surface area contributed by atoms with Gasteiger partial charge in [0.05, 0.1) is 12.7 Å². The zero-order valence-electron chi connectivity index (χ0n) is 4.87. The number of hydrogen-bond acceptors (Lipinski definition) is 4. The fourth-order valence-corrected chi connectivity index (χ4v) is 0.716. The van der Waals surface area contributed by atoms with E-state index in [1.807, 2.05) is 0 Å². The zero-order valence-corrected chi connectivity index (χ0v) is 5.69. The van der Waals surface area contributed by atoms with Crippen molar-refractivity contribution in [1.29, 1.82) is 5.41 Å². The van der Waals surface area contributed by atoms with Gasteiger partial charge in [-0.1, -0.05) is 11.8 Å². The van der Waals surface area contributed by atoms with E-state index in [0.717, 1.165) is 11.8 Å². The van der Waals surface area contributed by atoms with Gasteiger partial charge in [0.1, 0.15) is 0 Å². The van der Waals surface area contributed by atoms with Gasteiger partial charge >= 0.3 is 0 Å². The molecule has 0 aliphatic heterocycles. The van der Waals surface area contributed by atoms with Gasteiger partial charge in [-0.3, -0.25) is 5.41 Å². The van der Waals surface area contributed by atoms with Crippen LogP contribution in [0.3, 0.4) is 0 Å². The van der Waals surface area contributed by atoms with Crippen LogP contribution in [0.5, 0.6) is 0 Å². The number of nitrogens with one attached hydrogen (secondary N) is 1. The van der Waals surface area contributed by atoms with Crippen LogP contribution in [0.25, 0.3) is 0 Å². The Bertz CT molecular complexity index is 98.6. The van der Waals surface area contributed by atoms with Crippen molar-refractivity contribution in [3.8, 4) is 0 Å². The molecule has 1 atom stereocenters. The highest BCUT2D eigenvalue weighted by Crippen LogP contribution is 1.99. The Morgan fingerprint density at radius 1 is 1.78 bits per heavy atom. The summed E-state index contributed by atoms with van der Waals surface area (Å²) in [6, 6.07) is 0. The Morgan fingerprint density at radius 2 is 2.33 bits per heavy atom. The summed E-state index contributed by atoms with van der Waals surface area (Å²) in [6.07, 6.45) is -0.765. The van der Waals surface area contributed by atoms with Gasteiger partial charge in [-0.2, -0.15) is 0 Å². The predicted octanol–water partition coefficient (Wildman–Crippen LogP) is -1.03. The minimum absolute atomic E-state index is 0.0394. The first-order valence-electron chi connectivity index (χ1n) is 2.42. The Labute approximate surface area is 57.6 Å². The molecular formula is C4H10N2O2S. The van der Waals surface area contributed by atoms with E-state index in [1.54, 1.807) is 0 Å². The van der Waals surface area contributed by atoms with Crippen molar-refractivity contribution >= 4 is 16.9 Å². The number of rotatable bonds is 3. The van der Waals surface area contributed by atoms with Gasteiger partial charge < -0.3 is 15.9 Å². The predicted molar refractivity (Wildman–Crippen MR) is 37.5 cm³/mol. The van der Waals surface area contributed by atoms with Crippen molar-refractivity contribution in [1.82, 2.24) is 0 Å². The highest BCUT2D eigenvalue weighted by molar-refractivity contribution is 8.13. The lowest BCUT2D eigenvalue weighted by molar-refractivity contribution is 0.114. The normalized spacial score (nSPS) is 13.1. The van der Waals surface area contributed by atoms with Crippen LogP contribution < -0.4 is 5.73 Å². The maximum absolute atomic E-state index is 8.68. The summed E-state index contributed by atoms with van der Waals surface area (Å²) >= 11 is 1.02. The van der Waals surface area contributed by atoms with Crippen LogP contribution in [-0.2, 0) is 0 Å². The van der Waals surface area contributed by atoms with Crippen molar-refractivity contribution in [2.24, 2.45) is 5.73 Å². The smallest absolute Gasteiger partial charge is 0.151 e. The second-order valence-corrected chi connectivity index (χ2v) is 2.57. The molecule has 5 heteroatoms. The summed E-state index contributed by atoms with van der Waals surface area (Å²) < 4.78 is 0. The van der Waals surface area contributed by atoms with E-state index in [0.29, 0.717) is 0 Å². The molecule has 0 heterocycles. The molecule has 54 valence electrons. The highest BCUT2D eigenvalue weighted by atomic mass is 32.2. The molecule has 0 radical (unpaired) electrons. The van der Waals surface area contributed by atoms with Crippen LogP contribution in [0.4, 0.5) is 0 Å². The number of aliphatic hydroxyl groups is 2. The van der Waals surface area contributed by atoms with Gasteiger partial charge in [0, 0.05) is 5.75 Å². The largest absolute Gasteiger partial charge is 0.394 e. The molecule has 0 aromatic carbocycles. The molecule has 0 aromatic heterocycles. The summed E-state index contributed by atoms with van der Waals surface area (Å²) in [4.78, 5) is 0. The van der Waals surface area contributed by atoms with E-state index >= 15 is 0 Å². The monoisotopic (exact) mass is 150 g/mol. The number of amidine groups is 1. The van der Waals surface area contributed by atoms with Crippen LogP contribution in [0.2, 0.25) is 0 Å². The minimum atomic E-state index is -0.765. The second-order valence-electron chi connectivity index (χ2n) is 1.51. The Kier molecular flexibility index (Phi) is 4.47. The summed E-state index contributed by atoms with van der Waals surface area (Å²) in [5.41, 5.74) is 4.95. The molecular weight excluding hydrogens is 140 g/mol. The molecule has 0 amide bonds. The molecule has 0 saturated heterocycles. The zero-order chi connectivity index (χ0) is 7.28. The summed E-state index contributed by atoms with van der Waals surface area (Å²) in [5, 5.41) is 23.6. The van der Waals surface area contributed by atoms with E-state index in [9.17, 15) is 0 Å². The Morgan fingerprint density at radius 3 is 2.67 bits per heavy atom. The van der Waals surface area contributed by atoms with E-state index in [-0.39, 0.29) is 17.5 Å². The van der Waals surface area contributed by atoms with Crippen LogP contribution in [0.1, 0.15) is 0 Å². The first-order valence-corrected chi connectivity index (χ1v) is 3.41. The van der Waals surface area contributed by atoms with Gasteiger partial charge in [-0.05, 0) is 0 Å². The number of thioether (sulfide) groups is 1. The van der Waals surface area contributed by atoms with Gasteiger partial charge in [0.2, 0.25) is 0 Å². The number of nitrogens with two attached hydrogens (primary N) is 1. The van der Waals surface area contributed by atoms with Gasteiger partial charge in [0.25, 0.3) is 0 Å². The van der Waals surface area contributed by atoms with E-state index < -0.39 is 6.10 Å². The topological polar surface area (TPSA) is 90.3 Å². The van der Waals surface area contributed by atoms with Gasteiger partial charge in [-0.15, -0.1) is 0 Å². The Balaban J connectivity index is 3.16. The highest BCUT2D eigenvalue weighted by Gasteiger charge is 2.01.